The first-order valence-corrected chi connectivity index (χ1v) is 8.93. The van der Waals surface area contributed by atoms with Crippen molar-refractivity contribution in [2.75, 3.05) is 19.8 Å². The highest BCUT2D eigenvalue weighted by molar-refractivity contribution is 5.80. The molecule has 1 aromatic heterocycles. The zero-order chi connectivity index (χ0) is 18.1. The highest BCUT2D eigenvalue weighted by Crippen LogP contribution is 2.36. The first-order valence-electron chi connectivity index (χ1n) is 8.93. The third kappa shape index (κ3) is 3.07. The molecule has 1 aromatic carbocycles. The second-order valence-electron chi connectivity index (χ2n) is 6.74. The minimum Gasteiger partial charge on any atom is -0.491 e. The number of carbonyl (C=O) groups excluding carboxylic acids is 1. The Morgan fingerprint density at radius 1 is 1.31 bits per heavy atom. The number of rotatable bonds is 2. The zero-order valence-corrected chi connectivity index (χ0v) is 14.7. The average Bonchev–Trinajstić information content (AvgIpc) is 2.95. The Morgan fingerprint density at radius 2 is 2.19 bits per heavy atom. The van der Waals surface area contributed by atoms with E-state index in [1.165, 1.54) is 6.07 Å². The number of hydrogen-bond donors (Lipinski definition) is 0. The van der Waals surface area contributed by atoms with Gasteiger partial charge in [0.05, 0.1) is 24.7 Å². The molecule has 6 nitrogen and oxygen atoms in total. The van der Waals surface area contributed by atoms with Gasteiger partial charge in [-0.3, -0.25) is 9.48 Å². The summed E-state index contributed by atoms with van der Waals surface area (Å²) in [5, 5.41) is 4.20. The molecule has 0 saturated carbocycles. The van der Waals surface area contributed by atoms with Gasteiger partial charge in [0.1, 0.15) is 24.3 Å². The van der Waals surface area contributed by atoms with Crippen LogP contribution in [0, 0.1) is 11.7 Å². The molecular formula is C19H22FN3O3. The lowest BCUT2D eigenvalue weighted by atomic mass is 9.90. The first-order chi connectivity index (χ1) is 12.6. The van der Waals surface area contributed by atoms with Crippen LogP contribution in [0.1, 0.15) is 30.2 Å². The van der Waals surface area contributed by atoms with Gasteiger partial charge in [-0.1, -0.05) is 6.07 Å². The molecule has 4 rings (SSSR count). The van der Waals surface area contributed by atoms with E-state index in [1.54, 1.807) is 27.9 Å². The average molecular weight is 359 g/mol. The topological polar surface area (TPSA) is 56.6 Å². The van der Waals surface area contributed by atoms with Crippen molar-refractivity contribution in [1.29, 1.82) is 0 Å². The van der Waals surface area contributed by atoms with E-state index in [0.29, 0.717) is 31.1 Å². The third-order valence-electron chi connectivity index (χ3n) is 5.15. The lowest BCUT2D eigenvalue weighted by Crippen LogP contribution is -2.42. The molecule has 0 N–H and O–H groups in total. The van der Waals surface area contributed by atoms with Gasteiger partial charge in [0.2, 0.25) is 5.91 Å². The molecule has 138 valence electrons. The second-order valence-corrected chi connectivity index (χ2v) is 6.74. The lowest BCUT2D eigenvalue weighted by molar-refractivity contribution is -0.146. The van der Waals surface area contributed by atoms with Crippen LogP contribution in [0.25, 0.3) is 0 Å². The van der Waals surface area contributed by atoms with Crippen LogP contribution in [-0.4, -0.2) is 40.3 Å². The van der Waals surface area contributed by atoms with Crippen LogP contribution < -0.4 is 4.74 Å². The van der Waals surface area contributed by atoms with Crippen LogP contribution in [-0.2, 0) is 23.1 Å². The fourth-order valence-electron chi connectivity index (χ4n) is 3.77. The number of amides is 1. The number of fused-ring (bicyclic) bond motifs is 1. The summed E-state index contributed by atoms with van der Waals surface area (Å²) in [4.78, 5) is 15.0. The molecule has 0 unspecified atom stereocenters. The van der Waals surface area contributed by atoms with E-state index in [2.05, 4.69) is 5.10 Å². The van der Waals surface area contributed by atoms with Crippen LogP contribution in [0.3, 0.4) is 0 Å². The number of benzene rings is 1. The number of carbonyl (C=O) groups is 1. The quantitative estimate of drug-likeness (QED) is 0.827. The van der Waals surface area contributed by atoms with Crippen molar-refractivity contribution < 1.29 is 18.7 Å². The van der Waals surface area contributed by atoms with Gasteiger partial charge < -0.3 is 14.4 Å². The monoisotopic (exact) mass is 359 g/mol. The molecule has 1 amide bonds. The van der Waals surface area contributed by atoms with Gasteiger partial charge in [0, 0.05) is 25.4 Å². The van der Waals surface area contributed by atoms with E-state index < -0.39 is 0 Å². The summed E-state index contributed by atoms with van der Waals surface area (Å²) in [5.41, 5.74) is 1.33. The molecule has 3 heterocycles. The van der Waals surface area contributed by atoms with Crippen molar-refractivity contribution in [2.24, 2.45) is 13.0 Å². The van der Waals surface area contributed by atoms with Crippen LogP contribution in [0.5, 0.6) is 5.75 Å². The molecule has 2 aromatic rings. The highest BCUT2D eigenvalue weighted by Gasteiger charge is 2.38. The molecule has 0 bridgehead atoms. The SMILES string of the molecule is Cn1nccc1[C@@H]1OCCC[C@H]1C(=O)N1CCOc2cccc(F)c2C1. The number of ether oxygens (including phenoxy) is 2. The summed E-state index contributed by atoms with van der Waals surface area (Å²) in [6, 6.07) is 6.66. The van der Waals surface area contributed by atoms with Crippen LogP contribution in [0.4, 0.5) is 4.39 Å². The van der Waals surface area contributed by atoms with Crippen LogP contribution in [0.15, 0.2) is 30.5 Å². The second kappa shape index (κ2) is 7.07. The Hall–Kier alpha value is -2.41. The van der Waals surface area contributed by atoms with Crippen molar-refractivity contribution in [3.05, 3.63) is 47.5 Å². The van der Waals surface area contributed by atoms with E-state index in [9.17, 15) is 9.18 Å². The lowest BCUT2D eigenvalue weighted by Gasteiger charge is -2.34. The molecule has 0 aliphatic carbocycles. The van der Waals surface area contributed by atoms with Crippen LogP contribution in [0.2, 0.25) is 0 Å². The first kappa shape index (κ1) is 17.0. The van der Waals surface area contributed by atoms with Crippen molar-refractivity contribution in [3.63, 3.8) is 0 Å². The summed E-state index contributed by atoms with van der Waals surface area (Å²) in [6.07, 6.45) is 2.96. The molecule has 7 heteroatoms. The zero-order valence-electron chi connectivity index (χ0n) is 14.7. The normalized spacial score (nSPS) is 23.1. The molecule has 26 heavy (non-hydrogen) atoms. The largest absolute Gasteiger partial charge is 0.491 e. The standard InChI is InChI=1S/C19H22FN3O3/c1-22-16(7-8-21-22)18-13(4-3-10-26-18)19(24)23-9-11-25-17-6-2-5-15(20)14(17)12-23/h2,5-8,13,18H,3-4,9-12H2,1H3/t13-,18-/m1/s1. The van der Waals surface area contributed by atoms with Gasteiger partial charge >= 0.3 is 0 Å². The summed E-state index contributed by atoms with van der Waals surface area (Å²) < 4.78 is 27.6. The maximum Gasteiger partial charge on any atom is 0.229 e. The summed E-state index contributed by atoms with van der Waals surface area (Å²) in [5.74, 6) is -0.142. The molecule has 0 spiro atoms. The van der Waals surface area contributed by atoms with Crippen molar-refractivity contribution >= 4 is 5.91 Å². The van der Waals surface area contributed by atoms with Gasteiger partial charge in [-0.05, 0) is 31.0 Å². The molecule has 0 radical (unpaired) electrons. The van der Waals surface area contributed by atoms with Crippen molar-refractivity contribution in [1.82, 2.24) is 14.7 Å². The van der Waals surface area contributed by atoms with Gasteiger partial charge in [-0.2, -0.15) is 5.10 Å². The number of halogens is 1. The van der Waals surface area contributed by atoms with Crippen molar-refractivity contribution in [2.45, 2.75) is 25.5 Å². The van der Waals surface area contributed by atoms with Gasteiger partial charge in [-0.25, -0.2) is 4.39 Å². The summed E-state index contributed by atoms with van der Waals surface area (Å²) in [7, 11) is 1.85. The molecular weight excluding hydrogens is 337 g/mol. The minimum absolute atomic E-state index is 0.0180. The van der Waals surface area contributed by atoms with E-state index in [1.807, 2.05) is 13.1 Å². The third-order valence-corrected chi connectivity index (χ3v) is 5.15. The summed E-state index contributed by atoms with van der Waals surface area (Å²) >= 11 is 0. The fraction of sp³-hybridized carbons (Fsp3) is 0.474. The number of hydrogen-bond acceptors (Lipinski definition) is 4. The molecule has 2 aliphatic heterocycles. The minimum atomic E-state index is -0.342. The van der Waals surface area contributed by atoms with Crippen molar-refractivity contribution in [3.8, 4) is 5.75 Å². The Morgan fingerprint density at radius 3 is 3.00 bits per heavy atom. The smallest absolute Gasteiger partial charge is 0.229 e. The predicted molar refractivity (Wildman–Crippen MR) is 91.9 cm³/mol. The Bertz CT molecular complexity index is 807. The highest BCUT2D eigenvalue weighted by atomic mass is 19.1. The summed E-state index contributed by atoms with van der Waals surface area (Å²) in [6.45, 7) is 1.63. The van der Waals surface area contributed by atoms with E-state index in [0.717, 1.165) is 18.5 Å². The predicted octanol–water partition coefficient (Wildman–Crippen LogP) is 2.45. The maximum absolute atomic E-state index is 14.2. The van der Waals surface area contributed by atoms with Gasteiger partial charge in [0.15, 0.2) is 0 Å². The fourth-order valence-corrected chi connectivity index (χ4v) is 3.77. The maximum atomic E-state index is 14.2. The van der Waals surface area contributed by atoms with E-state index in [-0.39, 0.29) is 30.3 Å². The molecule has 2 aliphatic rings. The Balaban J connectivity index is 1.59. The van der Waals surface area contributed by atoms with Gasteiger partial charge in [-0.15, -0.1) is 0 Å². The number of aromatic nitrogens is 2. The molecule has 1 fully saturated rings. The van der Waals surface area contributed by atoms with Gasteiger partial charge in [0.25, 0.3) is 0 Å². The molecule has 2 atom stereocenters. The Kier molecular flexibility index (Phi) is 4.63. The number of nitrogens with zero attached hydrogens (tertiary/aromatic N) is 3. The number of aryl methyl sites for hydroxylation is 1. The van der Waals surface area contributed by atoms with E-state index >= 15 is 0 Å². The Labute approximate surface area is 151 Å². The van der Waals surface area contributed by atoms with E-state index in [4.69, 9.17) is 9.47 Å². The molecule has 1 saturated heterocycles. The van der Waals surface area contributed by atoms with Crippen LogP contribution >= 0.6 is 0 Å².